The molecule has 1 aliphatic rings. The predicted octanol–water partition coefficient (Wildman–Crippen LogP) is 2.93. The number of piperidine rings is 1. The van der Waals surface area contributed by atoms with Crippen molar-refractivity contribution in [2.45, 2.75) is 25.7 Å². The van der Waals surface area contributed by atoms with Gasteiger partial charge in [0, 0.05) is 12.2 Å². The molecule has 2 nitrogen and oxygen atoms in total. The van der Waals surface area contributed by atoms with E-state index in [-0.39, 0.29) is 0 Å². The van der Waals surface area contributed by atoms with Crippen LogP contribution in [0.2, 0.25) is 0 Å². The topological polar surface area (TPSA) is 15.3 Å². The molecule has 1 aromatic rings. The highest BCUT2D eigenvalue weighted by molar-refractivity contribution is 5.46. The standard InChI is InChI=1S/C14H22N2/c1-3-15-14-6-4-5-13(11-14)12-7-9-16(2)10-8-12/h4-6,11-12,15H,3,7-10H2,1-2H3. The molecule has 1 saturated heterocycles. The molecule has 0 bridgehead atoms. The first-order valence-electron chi connectivity index (χ1n) is 6.32. The van der Waals surface area contributed by atoms with Crippen LogP contribution < -0.4 is 5.32 Å². The van der Waals surface area contributed by atoms with Crippen molar-refractivity contribution in [1.82, 2.24) is 4.90 Å². The smallest absolute Gasteiger partial charge is 0.0342 e. The summed E-state index contributed by atoms with van der Waals surface area (Å²) in [5.74, 6) is 0.759. The average molecular weight is 218 g/mol. The SMILES string of the molecule is CCNc1cccc(C2CCN(C)CC2)c1. The van der Waals surface area contributed by atoms with E-state index < -0.39 is 0 Å². The van der Waals surface area contributed by atoms with E-state index in [1.54, 1.807) is 0 Å². The zero-order valence-electron chi connectivity index (χ0n) is 10.4. The highest BCUT2D eigenvalue weighted by atomic mass is 15.1. The molecule has 2 heteroatoms. The van der Waals surface area contributed by atoms with E-state index in [1.807, 2.05) is 0 Å². The third kappa shape index (κ3) is 2.76. The van der Waals surface area contributed by atoms with Crippen LogP contribution in [-0.4, -0.2) is 31.6 Å². The largest absolute Gasteiger partial charge is 0.385 e. The third-order valence-corrected chi connectivity index (χ3v) is 3.46. The van der Waals surface area contributed by atoms with E-state index in [1.165, 1.54) is 37.2 Å². The Morgan fingerprint density at radius 2 is 2.06 bits per heavy atom. The van der Waals surface area contributed by atoms with Crippen molar-refractivity contribution in [3.63, 3.8) is 0 Å². The lowest BCUT2D eigenvalue weighted by atomic mass is 9.89. The van der Waals surface area contributed by atoms with Gasteiger partial charge in [-0.15, -0.1) is 0 Å². The minimum absolute atomic E-state index is 0.759. The van der Waals surface area contributed by atoms with Crippen molar-refractivity contribution in [2.24, 2.45) is 0 Å². The number of nitrogens with one attached hydrogen (secondary N) is 1. The fraction of sp³-hybridized carbons (Fsp3) is 0.571. The molecular weight excluding hydrogens is 196 g/mol. The summed E-state index contributed by atoms with van der Waals surface area (Å²) >= 11 is 0. The number of likely N-dealkylation sites (tertiary alicyclic amines) is 1. The first-order valence-corrected chi connectivity index (χ1v) is 6.32. The van der Waals surface area contributed by atoms with Crippen LogP contribution in [0.3, 0.4) is 0 Å². The molecule has 1 aromatic carbocycles. The Kier molecular flexibility index (Phi) is 3.83. The van der Waals surface area contributed by atoms with E-state index in [2.05, 4.69) is 48.5 Å². The maximum atomic E-state index is 3.39. The van der Waals surface area contributed by atoms with Gasteiger partial charge in [0.1, 0.15) is 0 Å². The molecule has 1 aliphatic heterocycles. The molecular formula is C14H22N2. The number of hydrogen-bond acceptors (Lipinski definition) is 2. The van der Waals surface area contributed by atoms with Crippen LogP contribution >= 0.6 is 0 Å². The molecule has 0 atom stereocenters. The minimum atomic E-state index is 0.759. The number of benzene rings is 1. The lowest BCUT2D eigenvalue weighted by Crippen LogP contribution is -2.29. The van der Waals surface area contributed by atoms with E-state index >= 15 is 0 Å². The van der Waals surface area contributed by atoms with Crippen LogP contribution in [0.25, 0.3) is 0 Å². The Labute approximate surface area is 98.7 Å². The van der Waals surface area contributed by atoms with Gasteiger partial charge in [0.05, 0.1) is 0 Å². The average Bonchev–Trinajstić information content (AvgIpc) is 2.31. The van der Waals surface area contributed by atoms with E-state index in [4.69, 9.17) is 0 Å². The monoisotopic (exact) mass is 218 g/mol. The lowest BCUT2D eigenvalue weighted by Gasteiger charge is -2.29. The molecule has 0 saturated carbocycles. The number of hydrogen-bond donors (Lipinski definition) is 1. The summed E-state index contributed by atoms with van der Waals surface area (Å²) in [5, 5.41) is 3.39. The normalized spacial score (nSPS) is 18.6. The Morgan fingerprint density at radius 3 is 2.75 bits per heavy atom. The lowest BCUT2D eigenvalue weighted by molar-refractivity contribution is 0.255. The van der Waals surface area contributed by atoms with Gasteiger partial charge in [-0.3, -0.25) is 0 Å². The van der Waals surface area contributed by atoms with Crippen LogP contribution in [0.4, 0.5) is 5.69 Å². The molecule has 1 fully saturated rings. The molecule has 0 amide bonds. The fourth-order valence-corrected chi connectivity index (χ4v) is 2.45. The third-order valence-electron chi connectivity index (χ3n) is 3.46. The quantitative estimate of drug-likeness (QED) is 0.839. The van der Waals surface area contributed by atoms with Gasteiger partial charge in [-0.25, -0.2) is 0 Å². The van der Waals surface area contributed by atoms with Crippen molar-refractivity contribution >= 4 is 5.69 Å². The summed E-state index contributed by atoms with van der Waals surface area (Å²) in [5.41, 5.74) is 2.77. The molecule has 1 heterocycles. The number of rotatable bonds is 3. The van der Waals surface area contributed by atoms with Crippen LogP contribution in [0, 0.1) is 0 Å². The van der Waals surface area contributed by atoms with Gasteiger partial charge in [0.15, 0.2) is 0 Å². The Bertz CT molecular complexity index is 327. The summed E-state index contributed by atoms with van der Waals surface area (Å²) in [4.78, 5) is 2.42. The number of nitrogens with zero attached hydrogens (tertiary/aromatic N) is 1. The van der Waals surface area contributed by atoms with Gasteiger partial charge in [0.25, 0.3) is 0 Å². The van der Waals surface area contributed by atoms with Crippen molar-refractivity contribution in [3.05, 3.63) is 29.8 Å². The minimum Gasteiger partial charge on any atom is -0.385 e. The second-order valence-electron chi connectivity index (χ2n) is 4.73. The van der Waals surface area contributed by atoms with Gasteiger partial charge in [-0.1, -0.05) is 12.1 Å². The van der Waals surface area contributed by atoms with Gasteiger partial charge < -0.3 is 10.2 Å². The summed E-state index contributed by atoms with van der Waals surface area (Å²) in [6.45, 7) is 5.60. The predicted molar refractivity (Wildman–Crippen MR) is 70.1 cm³/mol. The molecule has 0 radical (unpaired) electrons. The van der Waals surface area contributed by atoms with E-state index in [0.717, 1.165) is 12.5 Å². The Hall–Kier alpha value is -1.02. The van der Waals surface area contributed by atoms with Crippen LogP contribution in [0.5, 0.6) is 0 Å². The van der Waals surface area contributed by atoms with Gasteiger partial charge >= 0.3 is 0 Å². The maximum absolute atomic E-state index is 3.39. The van der Waals surface area contributed by atoms with E-state index in [0.29, 0.717) is 0 Å². The first-order chi connectivity index (χ1) is 7.79. The molecule has 1 N–H and O–H groups in total. The summed E-state index contributed by atoms with van der Waals surface area (Å²) in [6, 6.07) is 8.92. The first kappa shape index (κ1) is 11.5. The van der Waals surface area contributed by atoms with Crippen LogP contribution in [-0.2, 0) is 0 Å². The molecule has 0 unspecified atom stereocenters. The molecule has 0 aliphatic carbocycles. The van der Waals surface area contributed by atoms with Gasteiger partial charge in [-0.2, -0.15) is 0 Å². The molecule has 16 heavy (non-hydrogen) atoms. The highest BCUT2D eigenvalue weighted by Gasteiger charge is 2.18. The molecule has 0 aromatic heterocycles. The summed E-state index contributed by atoms with van der Waals surface area (Å²) < 4.78 is 0. The summed E-state index contributed by atoms with van der Waals surface area (Å²) in [7, 11) is 2.21. The van der Waals surface area contributed by atoms with E-state index in [9.17, 15) is 0 Å². The summed E-state index contributed by atoms with van der Waals surface area (Å²) in [6.07, 6.45) is 2.60. The Morgan fingerprint density at radius 1 is 1.31 bits per heavy atom. The van der Waals surface area contributed by atoms with Gasteiger partial charge in [-0.05, 0) is 63.5 Å². The van der Waals surface area contributed by atoms with Crippen LogP contribution in [0.1, 0.15) is 31.2 Å². The number of anilines is 1. The zero-order valence-corrected chi connectivity index (χ0v) is 10.4. The van der Waals surface area contributed by atoms with Crippen molar-refractivity contribution in [1.29, 1.82) is 0 Å². The molecule has 2 rings (SSSR count). The van der Waals surface area contributed by atoms with Crippen molar-refractivity contribution < 1.29 is 0 Å². The van der Waals surface area contributed by atoms with Gasteiger partial charge in [0.2, 0.25) is 0 Å². The second kappa shape index (κ2) is 5.35. The Balaban J connectivity index is 2.05. The van der Waals surface area contributed by atoms with Crippen molar-refractivity contribution in [2.75, 3.05) is 32.0 Å². The zero-order chi connectivity index (χ0) is 11.4. The molecule has 88 valence electrons. The maximum Gasteiger partial charge on any atom is 0.0342 e. The van der Waals surface area contributed by atoms with Crippen LogP contribution in [0.15, 0.2) is 24.3 Å². The highest BCUT2D eigenvalue weighted by Crippen LogP contribution is 2.28. The molecule has 0 spiro atoms. The second-order valence-corrected chi connectivity index (χ2v) is 4.73. The fourth-order valence-electron chi connectivity index (χ4n) is 2.45. The van der Waals surface area contributed by atoms with Crippen molar-refractivity contribution in [3.8, 4) is 0 Å².